The lowest BCUT2D eigenvalue weighted by molar-refractivity contribution is 0.0728. The number of benzene rings is 2. The van der Waals surface area contributed by atoms with E-state index in [-0.39, 0.29) is 17.3 Å². The average Bonchev–Trinajstić information content (AvgIpc) is 2.73. The molecule has 29 heavy (non-hydrogen) atoms. The van der Waals surface area contributed by atoms with Gasteiger partial charge in [-0.25, -0.2) is 12.8 Å². The van der Waals surface area contributed by atoms with Crippen molar-refractivity contribution in [1.82, 2.24) is 9.88 Å². The Morgan fingerprint density at radius 1 is 1.10 bits per heavy atom. The van der Waals surface area contributed by atoms with Crippen molar-refractivity contribution in [1.29, 1.82) is 0 Å². The number of aryl methyl sites for hydroxylation is 1. The summed E-state index contributed by atoms with van der Waals surface area (Å²) in [4.78, 5) is 19.4. The predicted octanol–water partition coefficient (Wildman–Crippen LogP) is 3.76. The number of carbonyl (C=O) groups excluding carboxylic acids is 1. The van der Waals surface area contributed by atoms with Crippen molar-refractivity contribution >= 4 is 26.6 Å². The second-order valence-electron chi connectivity index (χ2n) is 7.34. The van der Waals surface area contributed by atoms with Crippen molar-refractivity contribution in [2.24, 2.45) is 0 Å². The number of sulfone groups is 1. The molecule has 1 atom stereocenters. The molecule has 4 rings (SSSR count). The Bertz CT molecular complexity index is 1180. The lowest BCUT2D eigenvalue weighted by atomic mass is 10.1. The molecule has 0 aliphatic carbocycles. The van der Waals surface area contributed by atoms with Gasteiger partial charge in [0, 0.05) is 24.2 Å². The third kappa shape index (κ3) is 3.74. The minimum Gasteiger partial charge on any atom is -0.337 e. The highest BCUT2D eigenvalue weighted by Gasteiger charge is 2.34. The summed E-state index contributed by atoms with van der Waals surface area (Å²) in [7, 11) is -3.65. The van der Waals surface area contributed by atoms with Crippen LogP contribution in [0.2, 0.25) is 0 Å². The smallest absolute Gasteiger partial charge is 0.256 e. The number of carbonyl (C=O) groups is 1. The molecule has 0 N–H and O–H groups in total. The molecular formula is C22H21FN2O3S. The van der Waals surface area contributed by atoms with Crippen LogP contribution >= 0.6 is 0 Å². The summed E-state index contributed by atoms with van der Waals surface area (Å²) in [5, 5.41) is 0.157. The van der Waals surface area contributed by atoms with Crippen molar-refractivity contribution in [2.75, 3.05) is 13.1 Å². The van der Waals surface area contributed by atoms with Crippen molar-refractivity contribution in [3.63, 3.8) is 0 Å². The average molecular weight is 412 g/mol. The number of fused-ring (bicyclic) bond motifs is 1. The lowest BCUT2D eigenvalue weighted by Crippen LogP contribution is -2.45. The fourth-order valence-electron chi connectivity index (χ4n) is 3.78. The molecule has 3 aromatic rings. The first-order valence-corrected chi connectivity index (χ1v) is 11.1. The van der Waals surface area contributed by atoms with Crippen molar-refractivity contribution < 1.29 is 17.6 Å². The van der Waals surface area contributed by atoms with E-state index >= 15 is 0 Å². The van der Waals surface area contributed by atoms with Crippen LogP contribution in [0.15, 0.2) is 59.5 Å². The van der Waals surface area contributed by atoms with Crippen LogP contribution in [0.1, 0.15) is 28.9 Å². The second-order valence-corrected chi connectivity index (χ2v) is 9.57. The Morgan fingerprint density at radius 2 is 1.86 bits per heavy atom. The van der Waals surface area contributed by atoms with E-state index in [1.165, 1.54) is 12.1 Å². The molecule has 1 unspecified atom stereocenters. The van der Waals surface area contributed by atoms with E-state index in [1.54, 1.807) is 11.0 Å². The van der Waals surface area contributed by atoms with Crippen LogP contribution in [0.4, 0.5) is 4.39 Å². The number of halogens is 1. The van der Waals surface area contributed by atoms with E-state index in [0.717, 1.165) is 23.2 Å². The maximum atomic E-state index is 13.2. The van der Waals surface area contributed by atoms with E-state index in [9.17, 15) is 17.6 Å². The van der Waals surface area contributed by atoms with Crippen LogP contribution in [-0.4, -0.2) is 42.5 Å². The highest BCUT2D eigenvalue weighted by atomic mass is 32.2. The summed E-state index contributed by atoms with van der Waals surface area (Å²) in [6, 6.07) is 14.1. The van der Waals surface area contributed by atoms with Gasteiger partial charge in [-0.15, -0.1) is 0 Å². The van der Waals surface area contributed by atoms with Gasteiger partial charge < -0.3 is 4.90 Å². The highest BCUT2D eigenvalue weighted by molar-refractivity contribution is 7.92. The molecule has 0 saturated carbocycles. The van der Waals surface area contributed by atoms with E-state index in [1.807, 2.05) is 31.2 Å². The van der Waals surface area contributed by atoms with Gasteiger partial charge >= 0.3 is 0 Å². The van der Waals surface area contributed by atoms with Crippen LogP contribution in [0.3, 0.4) is 0 Å². The van der Waals surface area contributed by atoms with E-state index in [2.05, 4.69) is 4.98 Å². The number of pyridine rings is 1. The third-order valence-electron chi connectivity index (χ3n) is 5.34. The number of hydrogen-bond acceptors (Lipinski definition) is 4. The molecule has 1 amide bonds. The molecule has 1 aliphatic heterocycles. The number of para-hydroxylation sites is 1. The number of nitrogens with zero attached hydrogens (tertiary/aromatic N) is 2. The van der Waals surface area contributed by atoms with Gasteiger partial charge in [0.05, 0.1) is 21.2 Å². The van der Waals surface area contributed by atoms with Gasteiger partial charge in [0.25, 0.3) is 5.91 Å². The molecule has 1 aliphatic rings. The molecule has 1 aromatic heterocycles. The molecule has 0 spiro atoms. The third-order valence-corrected chi connectivity index (χ3v) is 7.53. The molecule has 7 heteroatoms. The topological polar surface area (TPSA) is 67.3 Å². The molecule has 2 aromatic carbocycles. The molecular weight excluding hydrogens is 391 g/mol. The number of aromatic nitrogens is 1. The predicted molar refractivity (Wildman–Crippen MR) is 109 cm³/mol. The van der Waals surface area contributed by atoms with Crippen LogP contribution in [0.5, 0.6) is 0 Å². The van der Waals surface area contributed by atoms with Crippen molar-refractivity contribution in [3.05, 3.63) is 71.7 Å². The number of amides is 1. The van der Waals surface area contributed by atoms with Crippen molar-refractivity contribution in [3.8, 4) is 0 Å². The van der Waals surface area contributed by atoms with E-state index in [4.69, 9.17) is 0 Å². The SMILES string of the molecule is Cc1ccc2cccc(C(=O)N3CCCC(S(=O)(=O)c4ccc(F)cc4)C3)c2n1. The summed E-state index contributed by atoms with van der Waals surface area (Å²) < 4.78 is 39.2. The number of piperidine rings is 1. The minimum absolute atomic E-state index is 0.0839. The maximum absolute atomic E-state index is 13.2. The Balaban J connectivity index is 1.63. The fourth-order valence-corrected chi connectivity index (χ4v) is 5.53. The first kappa shape index (κ1) is 19.5. The monoisotopic (exact) mass is 412 g/mol. The van der Waals surface area contributed by atoms with Crippen LogP contribution in [0.25, 0.3) is 10.9 Å². The van der Waals surface area contributed by atoms with Gasteiger partial charge in [0.2, 0.25) is 0 Å². The zero-order valence-corrected chi connectivity index (χ0v) is 16.8. The zero-order chi connectivity index (χ0) is 20.6. The Morgan fingerprint density at radius 3 is 2.62 bits per heavy atom. The molecule has 150 valence electrons. The normalized spacial score (nSPS) is 17.4. The van der Waals surface area contributed by atoms with E-state index < -0.39 is 20.9 Å². The maximum Gasteiger partial charge on any atom is 0.256 e. The molecule has 0 radical (unpaired) electrons. The summed E-state index contributed by atoms with van der Waals surface area (Å²) in [5.41, 5.74) is 1.92. The Labute approximate surface area is 169 Å². The van der Waals surface area contributed by atoms with Crippen LogP contribution in [0, 0.1) is 12.7 Å². The van der Waals surface area contributed by atoms with Crippen LogP contribution in [-0.2, 0) is 9.84 Å². The molecule has 1 fully saturated rings. The minimum atomic E-state index is -3.65. The first-order valence-electron chi connectivity index (χ1n) is 9.51. The molecule has 2 heterocycles. The fraction of sp³-hybridized carbons (Fsp3) is 0.273. The summed E-state index contributed by atoms with van der Waals surface area (Å²) in [5.74, 6) is -0.698. The summed E-state index contributed by atoms with van der Waals surface area (Å²) >= 11 is 0. The van der Waals surface area contributed by atoms with Gasteiger partial charge in [-0.3, -0.25) is 9.78 Å². The Kier molecular flexibility index (Phi) is 5.08. The van der Waals surface area contributed by atoms with E-state index in [0.29, 0.717) is 30.5 Å². The van der Waals surface area contributed by atoms with Gasteiger partial charge in [0.15, 0.2) is 9.84 Å². The van der Waals surface area contributed by atoms with Gasteiger partial charge in [0.1, 0.15) is 5.82 Å². The standard InChI is InChI=1S/C22H21FN2O3S/c1-15-7-8-16-4-2-6-20(21(16)24-15)22(26)25-13-3-5-19(14-25)29(27,28)18-11-9-17(23)10-12-18/h2,4,6-12,19H,3,5,13-14H2,1H3. The van der Waals surface area contributed by atoms with Gasteiger partial charge in [-0.05, 0) is 56.2 Å². The quantitative estimate of drug-likeness (QED) is 0.615. The molecule has 5 nitrogen and oxygen atoms in total. The first-order chi connectivity index (χ1) is 13.9. The molecule has 1 saturated heterocycles. The number of rotatable bonds is 3. The summed E-state index contributed by atoms with van der Waals surface area (Å²) in [6.45, 7) is 2.48. The summed E-state index contributed by atoms with van der Waals surface area (Å²) in [6.07, 6.45) is 1.06. The zero-order valence-electron chi connectivity index (χ0n) is 16.0. The number of hydrogen-bond donors (Lipinski definition) is 0. The number of likely N-dealkylation sites (tertiary alicyclic amines) is 1. The molecule has 0 bridgehead atoms. The van der Waals surface area contributed by atoms with Crippen molar-refractivity contribution in [2.45, 2.75) is 29.9 Å². The highest BCUT2D eigenvalue weighted by Crippen LogP contribution is 2.26. The van der Waals surface area contributed by atoms with Gasteiger partial charge in [-0.1, -0.05) is 18.2 Å². The Hall–Kier alpha value is -2.80. The largest absolute Gasteiger partial charge is 0.337 e. The van der Waals surface area contributed by atoms with Gasteiger partial charge in [-0.2, -0.15) is 0 Å². The lowest BCUT2D eigenvalue weighted by Gasteiger charge is -2.32. The van der Waals surface area contributed by atoms with Crippen LogP contribution < -0.4 is 0 Å². The second kappa shape index (κ2) is 7.55.